The predicted molar refractivity (Wildman–Crippen MR) is 102 cm³/mol. The van der Waals surface area contributed by atoms with Gasteiger partial charge in [0.1, 0.15) is 5.82 Å². The lowest BCUT2D eigenvalue weighted by Crippen LogP contribution is -2.37. The average molecular weight is 366 g/mol. The van der Waals surface area contributed by atoms with Crippen molar-refractivity contribution in [1.82, 2.24) is 9.88 Å². The van der Waals surface area contributed by atoms with Crippen LogP contribution in [0.25, 0.3) is 5.57 Å². The molecule has 4 nitrogen and oxygen atoms in total. The van der Waals surface area contributed by atoms with E-state index in [1.165, 1.54) is 17.2 Å². The Morgan fingerprint density at radius 3 is 2.70 bits per heavy atom. The second-order valence-electron chi connectivity index (χ2n) is 6.98. The van der Waals surface area contributed by atoms with Crippen molar-refractivity contribution in [2.24, 2.45) is 0 Å². The minimum absolute atomic E-state index is 0.200. The number of aromatic nitrogens is 1. The lowest BCUT2D eigenvalue weighted by Gasteiger charge is -2.29. The number of carbonyl (C=O) groups excluding carboxylic acids is 1. The molecule has 1 fully saturated rings. The summed E-state index contributed by atoms with van der Waals surface area (Å²) in [5.41, 5.74) is 6.72. The van der Waals surface area contributed by atoms with E-state index in [4.69, 9.17) is 4.74 Å². The molecule has 0 bridgehead atoms. The maximum atomic E-state index is 13.8. The second kappa shape index (κ2) is 7.51. The maximum Gasteiger partial charge on any atom is 0.409 e. The Morgan fingerprint density at radius 1 is 1.15 bits per heavy atom. The van der Waals surface area contributed by atoms with Crippen LogP contribution in [0.4, 0.5) is 9.18 Å². The van der Waals surface area contributed by atoms with Gasteiger partial charge in [0.15, 0.2) is 0 Å². The number of ether oxygens (including phenoxy) is 1. The zero-order valence-corrected chi connectivity index (χ0v) is 15.5. The van der Waals surface area contributed by atoms with Gasteiger partial charge in [-0.1, -0.05) is 17.7 Å². The summed E-state index contributed by atoms with van der Waals surface area (Å²) in [6.07, 6.45) is 4.79. The SMILES string of the molecule is CCOC(=O)N1CCC(=C2c3ccc(F)cc3CCc3cccnc32)CC1. The molecular weight excluding hydrogens is 343 g/mol. The van der Waals surface area contributed by atoms with Gasteiger partial charge in [-0.2, -0.15) is 0 Å². The molecule has 0 saturated carbocycles. The molecule has 0 N–H and O–H groups in total. The van der Waals surface area contributed by atoms with Crippen molar-refractivity contribution in [2.45, 2.75) is 32.6 Å². The fourth-order valence-electron chi connectivity index (χ4n) is 4.06. The molecule has 1 aliphatic carbocycles. The van der Waals surface area contributed by atoms with Crippen LogP contribution in [0.3, 0.4) is 0 Å². The Labute approximate surface area is 158 Å². The fraction of sp³-hybridized carbons (Fsp3) is 0.364. The number of likely N-dealkylation sites (tertiary alicyclic amines) is 1. The van der Waals surface area contributed by atoms with Crippen LogP contribution in [0, 0.1) is 5.82 Å². The van der Waals surface area contributed by atoms with Crippen LogP contribution >= 0.6 is 0 Å². The minimum atomic E-state index is -0.247. The first-order chi connectivity index (χ1) is 13.2. The van der Waals surface area contributed by atoms with E-state index in [2.05, 4.69) is 11.1 Å². The van der Waals surface area contributed by atoms with Gasteiger partial charge in [0.25, 0.3) is 0 Å². The first-order valence-electron chi connectivity index (χ1n) is 9.54. The molecule has 1 amide bonds. The van der Waals surface area contributed by atoms with Crippen molar-refractivity contribution in [1.29, 1.82) is 0 Å². The fourth-order valence-corrected chi connectivity index (χ4v) is 4.06. The Hall–Kier alpha value is -2.69. The third-order valence-corrected chi connectivity index (χ3v) is 5.37. The highest BCUT2D eigenvalue weighted by Crippen LogP contribution is 2.37. The van der Waals surface area contributed by atoms with Crippen molar-refractivity contribution in [3.8, 4) is 0 Å². The molecule has 1 aromatic carbocycles. The lowest BCUT2D eigenvalue weighted by molar-refractivity contribution is 0.104. The van der Waals surface area contributed by atoms with Gasteiger partial charge in [-0.05, 0) is 67.5 Å². The van der Waals surface area contributed by atoms with Crippen molar-refractivity contribution in [3.05, 3.63) is 70.3 Å². The van der Waals surface area contributed by atoms with E-state index in [0.29, 0.717) is 19.7 Å². The normalized spacial score (nSPS) is 16.4. The molecular formula is C22H23FN2O2. The Morgan fingerprint density at radius 2 is 1.93 bits per heavy atom. The van der Waals surface area contributed by atoms with Gasteiger partial charge in [-0.15, -0.1) is 0 Å². The van der Waals surface area contributed by atoms with Crippen molar-refractivity contribution in [3.63, 3.8) is 0 Å². The van der Waals surface area contributed by atoms with Gasteiger partial charge >= 0.3 is 6.09 Å². The van der Waals surface area contributed by atoms with Crippen LogP contribution in [0.1, 0.15) is 42.1 Å². The third kappa shape index (κ3) is 3.46. The van der Waals surface area contributed by atoms with Gasteiger partial charge < -0.3 is 9.64 Å². The molecule has 0 spiro atoms. The Balaban J connectivity index is 1.76. The van der Waals surface area contributed by atoms with Gasteiger partial charge in [0.2, 0.25) is 0 Å². The number of hydrogen-bond acceptors (Lipinski definition) is 3. The van der Waals surface area contributed by atoms with E-state index < -0.39 is 0 Å². The molecule has 2 heterocycles. The first-order valence-corrected chi connectivity index (χ1v) is 9.54. The molecule has 4 rings (SSSR count). The molecule has 0 radical (unpaired) electrons. The number of amides is 1. The molecule has 140 valence electrons. The Bertz CT molecular complexity index is 897. The largest absolute Gasteiger partial charge is 0.450 e. The van der Waals surface area contributed by atoms with Gasteiger partial charge in [-0.25, -0.2) is 9.18 Å². The molecule has 0 atom stereocenters. The highest BCUT2D eigenvalue weighted by atomic mass is 19.1. The average Bonchev–Trinajstić information content (AvgIpc) is 2.85. The molecule has 5 heteroatoms. The predicted octanol–water partition coefficient (Wildman–Crippen LogP) is 4.37. The molecule has 1 aromatic heterocycles. The molecule has 1 aliphatic heterocycles. The number of hydrogen-bond donors (Lipinski definition) is 0. The van der Waals surface area contributed by atoms with Gasteiger partial charge in [0.05, 0.1) is 12.3 Å². The number of benzene rings is 1. The molecule has 2 aromatic rings. The number of aryl methyl sites for hydroxylation is 2. The summed E-state index contributed by atoms with van der Waals surface area (Å²) < 4.78 is 19.0. The summed E-state index contributed by atoms with van der Waals surface area (Å²) in [6, 6.07) is 9.13. The van der Waals surface area contributed by atoms with Crippen LogP contribution < -0.4 is 0 Å². The monoisotopic (exact) mass is 366 g/mol. The number of nitrogens with zero attached hydrogens (tertiary/aromatic N) is 2. The Kier molecular flexibility index (Phi) is 4.92. The van der Waals surface area contributed by atoms with Crippen LogP contribution in [0.15, 0.2) is 42.1 Å². The summed E-state index contributed by atoms with van der Waals surface area (Å²) in [6.45, 7) is 3.48. The van der Waals surface area contributed by atoms with Crippen molar-refractivity contribution < 1.29 is 13.9 Å². The maximum absolute atomic E-state index is 13.8. The smallest absolute Gasteiger partial charge is 0.409 e. The highest BCUT2D eigenvalue weighted by Gasteiger charge is 2.26. The lowest BCUT2D eigenvalue weighted by atomic mass is 9.88. The van der Waals surface area contributed by atoms with E-state index in [0.717, 1.165) is 48.1 Å². The van der Waals surface area contributed by atoms with Crippen LogP contribution in [0.5, 0.6) is 0 Å². The van der Waals surface area contributed by atoms with Crippen LogP contribution in [-0.2, 0) is 17.6 Å². The van der Waals surface area contributed by atoms with Gasteiger partial charge in [0, 0.05) is 24.9 Å². The molecule has 2 aliphatic rings. The first kappa shape index (κ1) is 17.7. The van der Waals surface area contributed by atoms with E-state index in [1.807, 2.05) is 25.3 Å². The van der Waals surface area contributed by atoms with Crippen LogP contribution in [0.2, 0.25) is 0 Å². The van der Waals surface area contributed by atoms with Crippen molar-refractivity contribution in [2.75, 3.05) is 19.7 Å². The van der Waals surface area contributed by atoms with E-state index >= 15 is 0 Å². The summed E-state index contributed by atoms with van der Waals surface area (Å²) in [7, 11) is 0. The number of piperidine rings is 1. The molecule has 27 heavy (non-hydrogen) atoms. The topological polar surface area (TPSA) is 42.4 Å². The summed E-state index contributed by atoms with van der Waals surface area (Å²) in [4.78, 5) is 18.4. The van der Waals surface area contributed by atoms with E-state index in [9.17, 15) is 9.18 Å². The number of pyridine rings is 1. The second-order valence-corrected chi connectivity index (χ2v) is 6.98. The number of carbonyl (C=O) groups is 1. The summed E-state index contributed by atoms with van der Waals surface area (Å²) in [5, 5.41) is 0. The summed E-state index contributed by atoms with van der Waals surface area (Å²) in [5.74, 6) is -0.200. The summed E-state index contributed by atoms with van der Waals surface area (Å²) >= 11 is 0. The van der Waals surface area contributed by atoms with Gasteiger partial charge in [-0.3, -0.25) is 4.98 Å². The molecule has 0 unspecified atom stereocenters. The highest BCUT2D eigenvalue weighted by molar-refractivity contribution is 5.84. The standard InChI is InChI=1S/C22H23FN2O2/c1-2-27-22(26)25-12-9-15(10-13-25)20-19-8-7-18(23)14-17(19)6-5-16-4-3-11-24-21(16)20/h3-4,7-8,11,14H,2,5-6,9-10,12-13H2,1H3. The zero-order chi connectivity index (χ0) is 18.8. The van der Waals surface area contributed by atoms with Crippen LogP contribution in [-0.4, -0.2) is 35.7 Å². The molecule has 1 saturated heterocycles. The zero-order valence-electron chi connectivity index (χ0n) is 15.5. The number of rotatable bonds is 1. The van der Waals surface area contributed by atoms with E-state index in [1.54, 1.807) is 11.0 Å². The minimum Gasteiger partial charge on any atom is -0.450 e. The van der Waals surface area contributed by atoms with Crippen molar-refractivity contribution >= 4 is 11.7 Å². The number of fused-ring (bicyclic) bond motifs is 2. The quantitative estimate of drug-likeness (QED) is 0.752. The van der Waals surface area contributed by atoms with E-state index in [-0.39, 0.29) is 11.9 Å². The third-order valence-electron chi connectivity index (χ3n) is 5.37. The number of halogens is 1.